The van der Waals surface area contributed by atoms with Crippen LogP contribution in [0.5, 0.6) is 0 Å². The molecule has 0 saturated carbocycles. The molecule has 4 amide bonds. The standard InChI is InChI=1S/2C16H29NO4/c2*1-9(2)12-8-16(6,7)21-15(20)17(12)14(19)11(5)13(18)10(3)4/h2*9-13,18H,8H2,1-7H3/t2*11-,12-,13+/m11/s1. The van der Waals surface area contributed by atoms with E-state index in [0.29, 0.717) is 12.8 Å². The molecule has 244 valence electrons. The number of hydrogen-bond acceptors (Lipinski definition) is 8. The van der Waals surface area contributed by atoms with Crippen LogP contribution in [0.3, 0.4) is 0 Å². The summed E-state index contributed by atoms with van der Waals surface area (Å²) in [6.07, 6.45) is -1.53. The minimum absolute atomic E-state index is 0.0429. The number of carbonyl (C=O) groups is 4. The number of aliphatic hydroxyl groups is 2. The molecule has 2 heterocycles. The van der Waals surface area contributed by atoms with Gasteiger partial charge in [-0.2, -0.15) is 0 Å². The smallest absolute Gasteiger partial charge is 0.417 e. The topological polar surface area (TPSA) is 134 Å². The Balaban J connectivity index is 0.000000420. The van der Waals surface area contributed by atoms with Crippen molar-refractivity contribution in [2.75, 3.05) is 0 Å². The number of carbonyl (C=O) groups excluding carboxylic acids is 4. The van der Waals surface area contributed by atoms with E-state index in [2.05, 4.69) is 0 Å². The summed E-state index contributed by atoms with van der Waals surface area (Å²) in [4.78, 5) is 52.2. The summed E-state index contributed by atoms with van der Waals surface area (Å²) < 4.78 is 10.7. The van der Waals surface area contributed by atoms with E-state index >= 15 is 0 Å². The lowest BCUT2D eigenvalue weighted by molar-refractivity contribution is -0.149. The second-order valence-electron chi connectivity index (χ2n) is 14.7. The zero-order valence-electron chi connectivity index (χ0n) is 28.4. The van der Waals surface area contributed by atoms with E-state index in [1.54, 1.807) is 13.8 Å². The van der Waals surface area contributed by atoms with Crippen molar-refractivity contribution < 1.29 is 38.9 Å². The van der Waals surface area contributed by atoms with Crippen LogP contribution in [0.15, 0.2) is 0 Å². The van der Waals surface area contributed by atoms with E-state index in [0.717, 1.165) is 0 Å². The Hall–Kier alpha value is -2.20. The fourth-order valence-electron chi connectivity index (χ4n) is 5.58. The maximum atomic E-state index is 12.6. The van der Waals surface area contributed by atoms with Crippen LogP contribution in [0.25, 0.3) is 0 Å². The second-order valence-corrected chi connectivity index (χ2v) is 14.7. The molecular weight excluding hydrogens is 540 g/mol. The number of cyclic esters (lactones) is 2. The zero-order chi connectivity index (χ0) is 33.1. The van der Waals surface area contributed by atoms with Crippen molar-refractivity contribution in [2.24, 2.45) is 35.5 Å². The number of ether oxygens (including phenoxy) is 2. The molecule has 0 bridgehead atoms. The van der Waals surface area contributed by atoms with Crippen LogP contribution < -0.4 is 0 Å². The maximum Gasteiger partial charge on any atom is 0.417 e. The molecule has 10 heteroatoms. The van der Waals surface area contributed by atoms with Crippen molar-refractivity contribution in [2.45, 2.75) is 145 Å². The van der Waals surface area contributed by atoms with Crippen LogP contribution in [-0.2, 0) is 19.1 Å². The van der Waals surface area contributed by atoms with Crippen LogP contribution in [-0.4, -0.2) is 79.5 Å². The van der Waals surface area contributed by atoms with Gasteiger partial charge in [0.05, 0.1) is 24.0 Å². The van der Waals surface area contributed by atoms with Crippen LogP contribution in [0, 0.1) is 35.5 Å². The summed E-state index contributed by atoms with van der Waals surface area (Å²) in [7, 11) is 0. The van der Waals surface area contributed by atoms with E-state index in [1.165, 1.54) is 9.80 Å². The molecule has 2 aliphatic heterocycles. The van der Waals surface area contributed by atoms with Gasteiger partial charge in [-0.05, 0) is 51.4 Å². The van der Waals surface area contributed by atoms with Crippen molar-refractivity contribution in [3.05, 3.63) is 0 Å². The van der Waals surface area contributed by atoms with Gasteiger partial charge in [-0.3, -0.25) is 9.59 Å². The average molecular weight is 599 g/mol. The van der Waals surface area contributed by atoms with Gasteiger partial charge in [0.15, 0.2) is 0 Å². The van der Waals surface area contributed by atoms with Crippen LogP contribution in [0.4, 0.5) is 9.59 Å². The predicted octanol–water partition coefficient (Wildman–Crippen LogP) is 5.62. The molecule has 0 unspecified atom stereocenters. The Labute approximate surface area is 253 Å². The van der Waals surface area contributed by atoms with Gasteiger partial charge in [0, 0.05) is 24.9 Å². The highest BCUT2D eigenvalue weighted by Crippen LogP contribution is 2.34. The van der Waals surface area contributed by atoms with Gasteiger partial charge in [0.2, 0.25) is 11.8 Å². The molecule has 0 radical (unpaired) electrons. The molecule has 0 aromatic rings. The first-order valence-corrected chi connectivity index (χ1v) is 15.4. The van der Waals surface area contributed by atoms with Gasteiger partial charge in [-0.15, -0.1) is 0 Å². The molecule has 6 atom stereocenters. The summed E-state index contributed by atoms with van der Waals surface area (Å²) in [5.41, 5.74) is -1.13. The quantitative estimate of drug-likeness (QED) is 0.368. The summed E-state index contributed by atoms with van der Waals surface area (Å²) in [5, 5.41) is 20.2. The molecule has 0 aliphatic carbocycles. The first-order valence-electron chi connectivity index (χ1n) is 15.4. The van der Waals surface area contributed by atoms with E-state index in [1.807, 2.05) is 83.1 Å². The second kappa shape index (κ2) is 14.5. The molecule has 10 nitrogen and oxygen atoms in total. The Morgan fingerprint density at radius 2 is 0.905 bits per heavy atom. The molecule has 2 saturated heterocycles. The lowest BCUT2D eigenvalue weighted by atomic mass is 9.87. The van der Waals surface area contributed by atoms with Gasteiger partial charge in [0.25, 0.3) is 0 Å². The van der Waals surface area contributed by atoms with Crippen LogP contribution in [0.2, 0.25) is 0 Å². The predicted molar refractivity (Wildman–Crippen MR) is 161 cm³/mol. The van der Waals surface area contributed by atoms with Crippen LogP contribution in [0.1, 0.15) is 110 Å². The number of amides is 4. The van der Waals surface area contributed by atoms with Crippen molar-refractivity contribution in [1.29, 1.82) is 0 Å². The third kappa shape index (κ3) is 9.40. The minimum Gasteiger partial charge on any atom is -0.443 e. The highest BCUT2D eigenvalue weighted by atomic mass is 16.6. The fraction of sp³-hybridized carbons (Fsp3) is 0.875. The van der Waals surface area contributed by atoms with Crippen molar-refractivity contribution in [3.63, 3.8) is 0 Å². The largest absolute Gasteiger partial charge is 0.443 e. The summed E-state index contributed by atoms with van der Waals surface area (Å²) in [6, 6.07) is -0.397. The van der Waals surface area contributed by atoms with E-state index < -0.39 is 47.4 Å². The Bertz CT molecular complexity index is 882. The lowest BCUT2D eigenvalue weighted by Crippen LogP contribution is -2.58. The van der Waals surface area contributed by atoms with Gasteiger partial charge < -0.3 is 19.7 Å². The Kier molecular flexibility index (Phi) is 13.1. The fourth-order valence-corrected chi connectivity index (χ4v) is 5.58. The number of rotatable bonds is 8. The Morgan fingerprint density at radius 1 is 0.643 bits per heavy atom. The van der Waals surface area contributed by atoms with Crippen molar-refractivity contribution in [3.8, 4) is 0 Å². The molecule has 0 aromatic heterocycles. The van der Waals surface area contributed by atoms with Gasteiger partial charge >= 0.3 is 12.2 Å². The third-order valence-electron chi connectivity index (χ3n) is 8.37. The van der Waals surface area contributed by atoms with E-state index in [-0.39, 0.29) is 47.6 Å². The number of aliphatic hydroxyl groups excluding tert-OH is 2. The van der Waals surface area contributed by atoms with E-state index in [9.17, 15) is 29.4 Å². The molecule has 2 N–H and O–H groups in total. The van der Waals surface area contributed by atoms with Gasteiger partial charge in [0.1, 0.15) is 11.2 Å². The summed E-state index contributed by atoms with van der Waals surface area (Å²) in [6.45, 7) is 26.1. The van der Waals surface area contributed by atoms with E-state index in [4.69, 9.17) is 9.47 Å². The Morgan fingerprint density at radius 3 is 1.12 bits per heavy atom. The highest BCUT2D eigenvalue weighted by Gasteiger charge is 2.47. The first-order chi connectivity index (χ1) is 19.0. The highest BCUT2D eigenvalue weighted by molar-refractivity contribution is 5.95. The maximum absolute atomic E-state index is 12.6. The minimum atomic E-state index is -0.770. The lowest BCUT2D eigenvalue weighted by Gasteiger charge is -2.44. The monoisotopic (exact) mass is 598 g/mol. The van der Waals surface area contributed by atoms with Gasteiger partial charge in [-0.25, -0.2) is 19.4 Å². The number of nitrogens with zero attached hydrogens (tertiary/aromatic N) is 2. The van der Waals surface area contributed by atoms with Crippen molar-refractivity contribution in [1.82, 2.24) is 9.80 Å². The third-order valence-corrected chi connectivity index (χ3v) is 8.37. The summed E-state index contributed by atoms with van der Waals surface area (Å²) >= 11 is 0. The SMILES string of the molecule is CC(C)[C@H]1CC(C)(C)OC(=O)N1C(=O)[C@H](C)[C@@H](O)C(C)C.CC(C)[C@H]1CC(C)(C)OC(=O)N1C(=O)[C@H](C)[C@@H](O)C(C)C. The molecule has 2 fully saturated rings. The van der Waals surface area contributed by atoms with Crippen LogP contribution >= 0.6 is 0 Å². The molecule has 0 spiro atoms. The molecule has 2 rings (SSSR count). The molecule has 42 heavy (non-hydrogen) atoms. The molecular formula is C32H58N2O8. The molecule has 2 aliphatic rings. The van der Waals surface area contributed by atoms with Crippen molar-refractivity contribution >= 4 is 24.0 Å². The normalized spacial score (nSPS) is 25.0. The summed E-state index contributed by atoms with van der Waals surface area (Å²) in [5.74, 6) is -1.75. The molecule has 0 aromatic carbocycles. The zero-order valence-corrected chi connectivity index (χ0v) is 28.4. The first kappa shape index (κ1) is 37.8. The number of hydrogen-bond donors (Lipinski definition) is 2. The average Bonchev–Trinajstić information content (AvgIpc) is 2.84. The number of imide groups is 2. The van der Waals surface area contributed by atoms with Gasteiger partial charge in [-0.1, -0.05) is 69.2 Å².